The zero-order chi connectivity index (χ0) is 27.4. The number of aliphatic carboxylic acids is 1. The summed E-state index contributed by atoms with van der Waals surface area (Å²) >= 11 is 6.05. The molecule has 7 nitrogen and oxygen atoms in total. The lowest BCUT2D eigenvalue weighted by Gasteiger charge is -2.43. The van der Waals surface area contributed by atoms with Crippen molar-refractivity contribution in [3.05, 3.63) is 58.6 Å². The molecule has 1 amide bonds. The van der Waals surface area contributed by atoms with Crippen LogP contribution < -0.4 is 14.8 Å². The molecule has 202 valence electrons. The lowest BCUT2D eigenvalue weighted by Crippen LogP contribution is -2.47. The number of hydrogen-bond acceptors (Lipinski definition) is 5. The summed E-state index contributed by atoms with van der Waals surface area (Å²) in [5.41, 5.74) is 1.99. The normalized spacial score (nSPS) is 23.3. The van der Waals surface area contributed by atoms with Gasteiger partial charge in [0.1, 0.15) is 0 Å². The highest BCUT2D eigenvalue weighted by Gasteiger charge is 2.50. The molecule has 2 aliphatic rings. The fourth-order valence-corrected chi connectivity index (χ4v) is 5.54. The van der Waals surface area contributed by atoms with E-state index < -0.39 is 12.1 Å². The van der Waals surface area contributed by atoms with Crippen molar-refractivity contribution in [1.29, 1.82) is 0 Å². The van der Waals surface area contributed by atoms with E-state index in [0.29, 0.717) is 16.5 Å². The molecule has 0 spiro atoms. The van der Waals surface area contributed by atoms with Crippen LogP contribution in [0.5, 0.6) is 11.5 Å². The molecule has 1 saturated carbocycles. The van der Waals surface area contributed by atoms with Gasteiger partial charge in [0.2, 0.25) is 0 Å². The first-order chi connectivity index (χ1) is 17.4. The van der Waals surface area contributed by atoms with Crippen molar-refractivity contribution in [1.82, 2.24) is 10.2 Å². The third kappa shape index (κ3) is 6.67. The number of hydrogen-bond donors (Lipinski definition) is 2. The molecule has 2 N–H and O–H groups in total. The summed E-state index contributed by atoms with van der Waals surface area (Å²) in [6, 6.07) is 13.6. The molecule has 37 heavy (non-hydrogen) atoms. The highest BCUT2D eigenvalue weighted by molar-refractivity contribution is 6.30. The van der Waals surface area contributed by atoms with Crippen LogP contribution in [0.15, 0.2) is 42.5 Å². The van der Waals surface area contributed by atoms with Gasteiger partial charge in [-0.05, 0) is 68.1 Å². The van der Waals surface area contributed by atoms with Crippen LogP contribution in [0.4, 0.5) is 13.2 Å². The molecule has 2 aromatic rings. The third-order valence-electron chi connectivity index (χ3n) is 7.00. The van der Waals surface area contributed by atoms with Crippen molar-refractivity contribution in [2.45, 2.75) is 36.9 Å². The Hall–Kier alpha value is -2.98. The van der Waals surface area contributed by atoms with Gasteiger partial charge in [0.05, 0.1) is 14.2 Å². The van der Waals surface area contributed by atoms with E-state index in [9.17, 15) is 18.0 Å². The summed E-state index contributed by atoms with van der Waals surface area (Å²) in [7, 11) is 5.52. The molecule has 4 rings (SSSR count). The summed E-state index contributed by atoms with van der Waals surface area (Å²) < 4.78 is 42.7. The van der Waals surface area contributed by atoms with Crippen molar-refractivity contribution < 1.29 is 37.3 Å². The number of amides is 1. The number of likely N-dealkylation sites (N-methyl/N-ethyl adjacent to an activating group) is 1. The number of carbonyl (C=O) groups excluding carboxylic acids is 1. The van der Waals surface area contributed by atoms with Gasteiger partial charge in [0.25, 0.3) is 5.91 Å². The van der Waals surface area contributed by atoms with Gasteiger partial charge in [-0.1, -0.05) is 23.7 Å². The SMILES string of the molecule is COc1ccc(C23CCC(NC(=O)c4cccc(Cl)c4)CC2CN(C)C3)cc1OC.O=C(O)C(F)(F)F. The minimum atomic E-state index is -5.08. The number of halogens is 4. The topological polar surface area (TPSA) is 88.1 Å². The number of likely N-dealkylation sites (tertiary alicyclic amines) is 1. The number of carbonyl (C=O) groups is 2. The van der Waals surface area contributed by atoms with E-state index in [4.69, 9.17) is 31.0 Å². The average Bonchev–Trinajstić information content (AvgIpc) is 3.19. The second-order valence-corrected chi connectivity index (χ2v) is 9.81. The number of benzene rings is 2. The molecule has 0 bridgehead atoms. The van der Waals surface area contributed by atoms with E-state index >= 15 is 0 Å². The number of ether oxygens (including phenoxy) is 2. The molecule has 3 atom stereocenters. The zero-order valence-corrected chi connectivity index (χ0v) is 21.5. The van der Waals surface area contributed by atoms with Crippen LogP contribution in [-0.2, 0) is 10.2 Å². The van der Waals surface area contributed by atoms with E-state index in [-0.39, 0.29) is 17.4 Å². The maximum absolute atomic E-state index is 12.7. The van der Waals surface area contributed by atoms with Crippen LogP contribution in [0.25, 0.3) is 0 Å². The van der Waals surface area contributed by atoms with Crippen molar-refractivity contribution in [2.24, 2.45) is 5.92 Å². The Balaban J connectivity index is 0.000000479. The molecule has 0 aromatic heterocycles. The predicted octanol–water partition coefficient (Wildman–Crippen LogP) is 4.77. The average molecular weight is 543 g/mol. The minimum absolute atomic E-state index is 0.0486. The second-order valence-electron chi connectivity index (χ2n) is 9.38. The van der Waals surface area contributed by atoms with Crippen molar-refractivity contribution in [3.8, 4) is 11.5 Å². The summed E-state index contributed by atoms with van der Waals surface area (Å²) in [6.45, 7) is 2.04. The van der Waals surface area contributed by atoms with Crippen LogP contribution >= 0.6 is 11.6 Å². The third-order valence-corrected chi connectivity index (χ3v) is 7.23. The molecule has 11 heteroatoms. The molecule has 3 unspecified atom stereocenters. The van der Waals surface area contributed by atoms with Gasteiger partial charge in [-0.25, -0.2) is 4.79 Å². The Kier molecular flexibility index (Phi) is 8.96. The van der Waals surface area contributed by atoms with Crippen LogP contribution in [0.2, 0.25) is 5.02 Å². The maximum atomic E-state index is 12.7. The second kappa shape index (κ2) is 11.6. The summed E-state index contributed by atoms with van der Waals surface area (Å²) in [5.74, 6) is -0.809. The number of rotatable bonds is 5. The number of fused-ring (bicyclic) bond motifs is 1. The largest absolute Gasteiger partial charge is 0.493 e. The lowest BCUT2D eigenvalue weighted by atomic mass is 9.63. The molecule has 1 aliphatic heterocycles. The van der Waals surface area contributed by atoms with E-state index in [1.54, 1.807) is 32.4 Å². The summed E-state index contributed by atoms with van der Waals surface area (Å²) in [6.07, 6.45) is -2.14. The molecule has 2 aromatic carbocycles. The number of alkyl halides is 3. The zero-order valence-electron chi connectivity index (χ0n) is 20.8. The highest BCUT2D eigenvalue weighted by Crippen LogP contribution is 2.49. The van der Waals surface area contributed by atoms with Gasteiger partial charge in [0.15, 0.2) is 11.5 Å². The number of methoxy groups -OCH3 is 2. The number of nitrogens with zero attached hydrogens (tertiary/aromatic N) is 1. The van der Waals surface area contributed by atoms with Crippen molar-refractivity contribution in [3.63, 3.8) is 0 Å². The molecular formula is C26H30ClF3N2O5. The lowest BCUT2D eigenvalue weighted by molar-refractivity contribution is -0.192. The van der Waals surface area contributed by atoms with Crippen LogP contribution in [0.1, 0.15) is 35.2 Å². The molecule has 2 fully saturated rings. The van der Waals surface area contributed by atoms with E-state index in [2.05, 4.69) is 29.4 Å². The predicted molar refractivity (Wildman–Crippen MR) is 132 cm³/mol. The smallest absolute Gasteiger partial charge is 0.490 e. The Labute approximate surface area is 218 Å². The first-order valence-corrected chi connectivity index (χ1v) is 12.0. The maximum Gasteiger partial charge on any atom is 0.490 e. The standard InChI is InChI=1S/C24H29ClN2O3.C2HF3O2/c1-27-14-18-12-20(26-23(28)16-5-4-6-19(25)11-16)9-10-24(18,15-27)17-7-8-21(29-2)22(13-17)30-3;3-2(4,5)1(6)7/h4-8,11,13,18,20H,9-10,12,14-15H2,1-3H3,(H,26,28);(H,6,7). The molecule has 1 aliphatic carbocycles. The van der Waals surface area contributed by atoms with Crippen LogP contribution in [0.3, 0.4) is 0 Å². The molecular weight excluding hydrogens is 513 g/mol. The Morgan fingerprint density at radius 1 is 1.14 bits per heavy atom. The first kappa shape index (κ1) is 28.6. The number of carboxylic acid groups (broad SMARTS) is 1. The summed E-state index contributed by atoms with van der Waals surface area (Å²) in [4.78, 5) is 24.0. The fraction of sp³-hybridized carbons (Fsp3) is 0.462. The van der Waals surface area contributed by atoms with Crippen molar-refractivity contribution in [2.75, 3.05) is 34.4 Å². The Morgan fingerprint density at radius 3 is 2.41 bits per heavy atom. The number of nitrogens with one attached hydrogen (secondary N) is 1. The van der Waals surface area contributed by atoms with Gasteiger partial charge in [0, 0.05) is 35.1 Å². The minimum Gasteiger partial charge on any atom is -0.493 e. The van der Waals surface area contributed by atoms with Gasteiger partial charge < -0.3 is 24.8 Å². The Morgan fingerprint density at radius 2 is 1.81 bits per heavy atom. The van der Waals surface area contributed by atoms with Crippen LogP contribution in [-0.4, -0.2) is 68.5 Å². The van der Waals surface area contributed by atoms with Gasteiger partial charge in [-0.2, -0.15) is 13.2 Å². The molecule has 1 saturated heterocycles. The summed E-state index contributed by atoms with van der Waals surface area (Å²) in [5, 5.41) is 10.9. The quantitative estimate of drug-likeness (QED) is 0.566. The highest BCUT2D eigenvalue weighted by atomic mass is 35.5. The van der Waals surface area contributed by atoms with E-state index in [1.165, 1.54) is 5.56 Å². The first-order valence-electron chi connectivity index (χ1n) is 11.7. The van der Waals surface area contributed by atoms with E-state index in [0.717, 1.165) is 43.9 Å². The van der Waals surface area contributed by atoms with Gasteiger partial charge in [-0.15, -0.1) is 0 Å². The molecule has 1 heterocycles. The van der Waals surface area contributed by atoms with Gasteiger partial charge >= 0.3 is 12.1 Å². The van der Waals surface area contributed by atoms with Gasteiger partial charge in [-0.3, -0.25) is 4.79 Å². The fourth-order valence-electron chi connectivity index (χ4n) is 5.35. The monoisotopic (exact) mass is 542 g/mol. The van der Waals surface area contributed by atoms with Crippen LogP contribution in [0, 0.1) is 5.92 Å². The number of carboxylic acids is 1. The van der Waals surface area contributed by atoms with Crippen molar-refractivity contribution >= 4 is 23.5 Å². The molecule has 0 radical (unpaired) electrons. The van der Waals surface area contributed by atoms with E-state index in [1.807, 2.05) is 12.1 Å². The Bertz CT molecular complexity index is 1130.